The Kier molecular flexibility index (Phi) is 6.74. The highest BCUT2D eigenvalue weighted by Crippen LogP contribution is 2.24. The first-order valence-corrected chi connectivity index (χ1v) is 11.0. The van der Waals surface area contributed by atoms with E-state index in [2.05, 4.69) is 6.58 Å². The highest BCUT2D eigenvalue weighted by atomic mass is 32.2. The smallest absolute Gasteiger partial charge is 0.373 e. The molecule has 1 aromatic heterocycles. The van der Waals surface area contributed by atoms with Gasteiger partial charge in [0.25, 0.3) is 10.0 Å². The number of ether oxygens (including phenoxy) is 2. The van der Waals surface area contributed by atoms with Crippen LogP contribution < -0.4 is 0 Å². The van der Waals surface area contributed by atoms with Crippen LogP contribution in [0.3, 0.4) is 0 Å². The second kappa shape index (κ2) is 9.45. The molecule has 0 aliphatic rings. The van der Waals surface area contributed by atoms with E-state index in [4.69, 9.17) is 9.47 Å². The molecule has 0 aliphatic carbocycles. The average molecular weight is 426 g/mol. The average Bonchev–Trinajstić information content (AvgIpc) is 3.18. The Labute approximate surface area is 176 Å². The minimum absolute atomic E-state index is 0.0920. The minimum atomic E-state index is -3.70. The lowest BCUT2D eigenvalue weighted by Crippen LogP contribution is -2.11. The summed E-state index contributed by atoms with van der Waals surface area (Å²) in [6.45, 7) is 5.90. The Morgan fingerprint density at radius 3 is 2.57 bits per heavy atom. The van der Waals surface area contributed by atoms with Gasteiger partial charge >= 0.3 is 5.97 Å². The highest BCUT2D eigenvalue weighted by Gasteiger charge is 2.19. The second-order valence-corrected chi connectivity index (χ2v) is 8.22. The topological polar surface area (TPSA) is 74.6 Å². The molecule has 0 aliphatic heterocycles. The van der Waals surface area contributed by atoms with Crippen LogP contribution in [0.5, 0.6) is 0 Å². The van der Waals surface area contributed by atoms with Crippen molar-refractivity contribution in [2.75, 3.05) is 13.2 Å². The van der Waals surface area contributed by atoms with Gasteiger partial charge in [-0.2, -0.15) is 0 Å². The van der Waals surface area contributed by atoms with Gasteiger partial charge in [-0.15, -0.1) is 6.58 Å². The van der Waals surface area contributed by atoms with E-state index in [-0.39, 0.29) is 17.3 Å². The molecule has 2 aromatic carbocycles. The van der Waals surface area contributed by atoms with Crippen LogP contribution in [0.25, 0.3) is 17.0 Å². The Morgan fingerprint density at radius 2 is 1.87 bits per heavy atom. The largest absolute Gasteiger partial charge is 0.486 e. The van der Waals surface area contributed by atoms with E-state index >= 15 is 0 Å². The molecule has 0 saturated carbocycles. The third kappa shape index (κ3) is 4.63. The molecule has 0 saturated heterocycles. The maximum atomic E-state index is 12.9. The Balaban J connectivity index is 1.97. The monoisotopic (exact) mass is 425 g/mol. The molecule has 3 aromatic rings. The normalized spacial score (nSPS) is 12.0. The molecule has 3 rings (SSSR count). The summed E-state index contributed by atoms with van der Waals surface area (Å²) in [5.74, 6) is -0.458. The molecule has 7 heteroatoms. The quantitative estimate of drug-likeness (QED) is 0.167. The molecule has 0 bridgehead atoms. The first kappa shape index (κ1) is 21.4. The van der Waals surface area contributed by atoms with E-state index in [0.29, 0.717) is 24.1 Å². The summed E-state index contributed by atoms with van der Waals surface area (Å²) in [5, 5.41) is 0.720. The molecule has 0 atom stereocenters. The van der Waals surface area contributed by atoms with Gasteiger partial charge in [-0.1, -0.05) is 30.3 Å². The molecule has 156 valence electrons. The van der Waals surface area contributed by atoms with E-state index in [9.17, 15) is 13.2 Å². The summed E-state index contributed by atoms with van der Waals surface area (Å²) >= 11 is 0. The van der Waals surface area contributed by atoms with Crippen molar-refractivity contribution in [2.45, 2.75) is 18.2 Å². The van der Waals surface area contributed by atoms with Crippen LogP contribution in [0.2, 0.25) is 0 Å². The summed E-state index contributed by atoms with van der Waals surface area (Å²) in [5.41, 5.74) is 1.24. The van der Waals surface area contributed by atoms with Gasteiger partial charge in [-0.3, -0.25) is 0 Å². The molecule has 0 spiro atoms. The Morgan fingerprint density at radius 1 is 1.10 bits per heavy atom. The van der Waals surface area contributed by atoms with Crippen molar-refractivity contribution in [1.82, 2.24) is 3.97 Å². The highest BCUT2D eigenvalue weighted by molar-refractivity contribution is 7.90. The molecule has 0 unspecified atom stereocenters. The van der Waals surface area contributed by atoms with Gasteiger partial charge in [0.2, 0.25) is 5.76 Å². The summed E-state index contributed by atoms with van der Waals surface area (Å²) in [4.78, 5) is 12.4. The standard InChI is InChI=1S/C23H23NO5S/c1-3-5-15-29-22(23(25)28-4-2)17-18-11-12-21-19(16-18)13-14-24(21)30(26,27)20-9-7-6-8-10-20/h3,6-14,16-17H,1,4-5,15H2,2H3. The second-order valence-electron chi connectivity index (χ2n) is 6.40. The fraction of sp³-hybridized carbons (Fsp3) is 0.174. The van der Waals surface area contributed by atoms with Crippen LogP contribution in [0.4, 0.5) is 0 Å². The first-order valence-electron chi connectivity index (χ1n) is 9.51. The third-order valence-corrected chi connectivity index (χ3v) is 6.04. The van der Waals surface area contributed by atoms with E-state index in [1.807, 2.05) is 0 Å². The van der Waals surface area contributed by atoms with Crippen molar-refractivity contribution < 1.29 is 22.7 Å². The number of rotatable bonds is 9. The molecular weight excluding hydrogens is 402 g/mol. The van der Waals surface area contributed by atoms with Crippen LogP contribution in [-0.4, -0.2) is 31.6 Å². The summed E-state index contributed by atoms with van der Waals surface area (Å²) in [6.07, 6.45) is 5.40. The van der Waals surface area contributed by atoms with Crippen molar-refractivity contribution in [2.24, 2.45) is 0 Å². The van der Waals surface area contributed by atoms with Crippen LogP contribution in [0, 0.1) is 0 Å². The van der Waals surface area contributed by atoms with Gasteiger partial charge in [0.1, 0.15) is 0 Å². The predicted molar refractivity (Wildman–Crippen MR) is 116 cm³/mol. The fourth-order valence-corrected chi connectivity index (χ4v) is 4.28. The molecular formula is C23H23NO5S. The molecule has 0 radical (unpaired) electrons. The number of fused-ring (bicyclic) bond motifs is 1. The van der Waals surface area contributed by atoms with Crippen molar-refractivity contribution in [3.05, 3.63) is 84.8 Å². The summed E-state index contributed by atoms with van der Waals surface area (Å²) in [6, 6.07) is 15.2. The molecule has 1 heterocycles. The summed E-state index contributed by atoms with van der Waals surface area (Å²) in [7, 11) is -3.70. The summed E-state index contributed by atoms with van der Waals surface area (Å²) < 4.78 is 37.7. The van der Waals surface area contributed by atoms with Crippen LogP contribution in [0.15, 0.2) is 84.1 Å². The van der Waals surface area contributed by atoms with E-state index in [1.165, 1.54) is 10.2 Å². The SMILES string of the molecule is C=CCCOC(=Cc1ccc2c(ccn2S(=O)(=O)c2ccccc2)c1)C(=O)OCC. The number of carbonyl (C=O) groups is 1. The van der Waals surface area contributed by atoms with Crippen LogP contribution in [-0.2, 0) is 24.3 Å². The van der Waals surface area contributed by atoms with E-state index in [1.54, 1.807) is 73.7 Å². The maximum absolute atomic E-state index is 12.9. The van der Waals surface area contributed by atoms with E-state index in [0.717, 1.165) is 5.39 Å². The molecule has 0 amide bonds. The fourth-order valence-electron chi connectivity index (χ4n) is 2.91. The Bertz CT molecular complexity index is 1180. The molecule has 0 fully saturated rings. The zero-order valence-corrected chi connectivity index (χ0v) is 17.5. The van der Waals surface area contributed by atoms with Crippen molar-refractivity contribution in [3.8, 4) is 0 Å². The minimum Gasteiger partial charge on any atom is -0.486 e. The zero-order valence-electron chi connectivity index (χ0n) is 16.7. The lowest BCUT2D eigenvalue weighted by molar-refractivity contribution is -0.142. The number of benzene rings is 2. The van der Waals surface area contributed by atoms with Gasteiger partial charge in [0, 0.05) is 11.6 Å². The van der Waals surface area contributed by atoms with Crippen molar-refractivity contribution >= 4 is 33.0 Å². The zero-order chi connectivity index (χ0) is 21.6. The first-order chi connectivity index (χ1) is 14.5. The Hall–Kier alpha value is -3.32. The number of esters is 1. The number of aromatic nitrogens is 1. The predicted octanol–water partition coefficient (Wildman–Crippen LogP) is 4.38. The van der Waals surface area contributed by atoms with Crippen molar-refractivity contribution in [1.29, 1.82) is 0 Å². The van der Waals surface area contributed by atoms with Crippen molar-refractivity contribution in [3.63, 3.8) is 0 Å². The molecule has 6 nitrogen and oxygen atoms in total. The maximum Gasteiger partial charge on any atom is 0.373 e. The number of hydrogen-bond donors (Lipinski definition) is 0. The lowest BCUT2D eigenvalue weighted by Gasteiger charge is -2.09. The molecule has 30 heavy (non-hydrogen) atoms. The van der Waals surface area contributed by atoms with Gasteiger partial charge in [-0.05, 0) is 55.3 Å². The molecule has 0 N–H and O–H groups in total. The van der Waals surface area contributed by atoms with Gasteiger partial charge in [0.15, 0.2) is 0 Å². The third-order valence-electron chi connectivity index (χ3n) is 4.33. The van der Waals surface area contributed by atoms with Crippen LogP contribution in [0.1, 0.15) is 18.9 Å². The lowest BCUT2D eigenvalue weighted by atomic mass is 10.1. The number of hydrogen-bond acceptors (Lipinski definition) is 5. The number of nitrogens with zero attached hydrogens (tertiary/aromatic N) is 1. The van der Waals surface area contributed by atoms with Gasteiger partial charge in [0.05, 0.1) is 23.6 Å². The van der Waals surface area contributed by atoms with Gasteiger partial charge in [-0.25, -0.2) is 17.2 Å². The van der Waals surface area contributed by atoms with Crippen LogP contribution >= 0.6 is 0 Å². The number of carbonyl (C=O) groups excluding carboxylic acids is 1. The van der Waals surface area contributed by atoms with E-state index < -0.39 is 16.0 Å². The van der Waals surface area contributed by atoms with Gasteiger partial charge < -0.3 is 9.47 Å².